The Kier molecular flexibility index (Phi) is 7.20. The first-order valence-electron chi connectivity index (χ1n) is 19.3. The molecule has 0 aliphatic heterocycles. The van der Waals surface area contributed by atoms with E-state index in [9.17, 15) is 0 Å². The Morgan fingerprint density at radius 3 is 1.80 bits per heavy atom. The van der Waals surface area contributed by atoms with E-state index in [0.717, 1.165) is 39.2 Å². The molecule has 8 aromatic carbocycles. The fraction of sp³-hybridized carbons (Fsp3) is 0.0566. The molecule has 1 aliphatic rings. The minimum atomic E-state index is -0.0558. The minimum Gasteiger partial charge on any atom is -0.309 e. The van der Waals surface area contributed by atoms with Gasteiger partial charge in [0.25, 0.3) is 0 Å². The van der Waals surface area contributed by atoms with Crippen molar-refractivity contribution < 1.29 is 0 Å². The average molecular weight is 716 g/mol. The van der Waals surface area contributed by atoms with Crippen molar-refractivity contribution in [2.24, 2.45) is 0 Å². The zero-order chi connectivity index (χ0) is 37.4. The molecule has 0 radical (unpaired) electrons. The van der Waals surface area contributed by atoms with Crippen LogP contribution in [0, 0.1) is 0 Å². The van der Waals surface area contributed by atoms with Gasteiger partial charge in [0.15, 0.2) is 5.82 Å². The van der Waals surface area contributed by atoms with Crippen molar-refractivity contribution in [2.45, 2.75) is 19.3 Å². The molecule has 0 bridgehead atoms. The number of rotatable bonds is 5. The van der Waals surface area contributed by atoms with Crippen LogP contribution in [-0.2, 0) is 5.41 Å². The first kappa shape index (κ1) is 32.3. The fourth-order valence-electron chi connectivity index (χ4n) is 9.10. The normalized spacial score (nSPS) is 13.0. The van der Waals surface area contributed by atoms with Crippen molar-refractivity contribution in [1.29, 1.82) is 0 Å². The summed E-state index contributed by atoms with van der Waals surface area (Å²) in [6.07, 6.45) is 0. The van der Waals surface area contributed by atoms with Crippen LogP contribution in [0.25, 0.3) is 94.4 Å². The van der Waals surface area contributed by atoms with Crippen LogP contribution in [0.1, 0.15) is 25.0 Å². The van der Waals surface area contributed by atoms with Gasteiger partial charge in [0, 0.05) is 38.6 Å². The standard InChI is InChI=1S/C53H37N3/c1-53(2)46-23-13-11-21-41(46)45-31-36(26-30-47(45)53)48-33-49(55-52(54-48)34-15-5-3-6-16-34)42-29-28-38(39-19-9-10-20-40(39)42)35-25-27-44-43-22-12-14-24-50(43)56(51(44)32-35)37-17-7-4-8-18-37/h3-33H,1-2H3. The summed E-state index contributed by atoms with van der Waals surface area (Å²) in [7, 11) is 0. The van der Waals surface area contributed by atoms with Crippen LogP contribution in [0.3, 0.4) is 0 Å². The van der Waals surface area contributed by atoms with Crippen LogP contribution in [0.15, 0.2) is 188 Å². The topological polar surface area (TPSA) is 30.7 Å². The van der Waals surface area contributed by atoms with Gasteiger partial charge < -0.3 is 4.57 Å². The first-order chi connectivity index (χ1) is 27.5. The van der Waals surface area contributed by atoms with Gasteiger partial charge in [0.2, 0.25) is 0 Å². The van der Waals surface area contributed by atoms with Crippen LogP contribution in [0.2, 0.25) is 0 Å². The highest BCUT2D eigenvalue weighted by atomic mass is 15.0. The Morgan fingerprint density at radius 2 is 0.982 bits per heavy atom. The molecule has 0 fully saturated rings. The number of aromatic nitrogens is 3. The second-order valence-electron chi connectivity index (χ2n) is 15.4. The Balaban J connectivity index is 1.09. The molecule has 0 unspecified atom stereocenters. The molecule has 0 spiro atoms. The van der Waals surface area contributed by atoms with E-state index >= 15 is 0 Å². The molecule has 0 saturated heterocycles. The van der Waals surface area contributed by atoms with Crippen molar-refractivity contribution in [3.63, 3.8) is 0 Å². The lowest BCUT2D eigenvalue weighted by molar-refractivity contribution is 0.660. The molecule has 11 rings (SSSR count). The molecule has 0 atom stereocenters. The minimum absolute atomic E-state index is 0.0558. The Morgan fingerprint density at radius 1 is 0.375 bits per heavy atom. The summed E-state index contributed by atoms with van der Waals surface area (Å²) in [5.41, 5.74) is 16.1. The average Bonchev–Trinajstić information content (AvgIpc) is 3.71. The predicted molar refractivity (Wildman–Crippen MR) is 233 cm³/mol. The van der Waals surface area contributed by atoms with Crippen molar-refractivity contribution in [2.75, 3.05) is 0 Å². The number of hydrogen-bond acceptors (Lipinski definition) is 2. The van der Waals surface area contributed by atoms with Crippen LogP contribution in [0.5, 0.6) is 0 Å². The van der Waals surface area contributed by atoms with Gasteiger partial charge in [-0.15, -0.1) is 0 Å². The summed E-state index contributed by atoms with van der Waals surface area (Å²) in [5.74, 6) is 0.715. The molecule has 0 saturated carbocycles. The molecule has 2 heterocycles. The van der Waals surface area contributed by atoms with E-state index in [4.69, 9.17) is 9.97 Å². The maximum atomic E-state index is 5.28. The molecule has 1 aliphatic carbocycles. The lowest BCUT2D eigenvalue weighted by Crippen LogP contribution is -2.14. The van der Waals surface area contributed by atoms with Crippen LogP contribution in [0.4, 0.5) is 0 Å². The largest absolute Gasteiger partial charge is 0.309 e. The fourth-order valence-corrected chi connectivity index (χ4v) is 9.10. The quantitative estimate of drug-likeness (QED) is 0.178. The second kappa shape index (κ2) is 12.5. The summed E-state index contributed by atoms with van der Waals surface area (Å²) >= 11 is 0. The predicted octanol–water partition coefficient (Wildman–Crippen LogP) is 13.7. The van der Waals surface area contributed by atoms with Crippen molar-refractivity contribution in [3.05, 3.63) is 199 Å². The Bertz CT molecular complexity index is 3150. The molecule has 0 N–H and O–H groups in total. The van der Waals surface area contributed by atoms with Gasteiger partial charge in [0.05, 0.1) is 22.4 Å². The van der Waals surface area contributed by atoms with Gasteiger partial charge in [-0.3, -0.25) is 0 Å². The maximum Gasteiger partial charge on any atom is 0.160 e. The van der Waals surface area contributed by atoms with Crippen LogP contribution < -0.4 is 0 Å². The Labute approximate surface area is 326 Å². The molecule has 10 aromatic rings. The van der Waals surface area contributed by atoms with Gasteiger partial charge in [0.1, 0.15) is 0 Å². The van der Waals surface area contributed by atoms with E-state index in [2.05, 4.69) is 200 Å². The third-order valence-electron chi connectivity index (χ3n) is 11.8. The van der Waals surface area contributed by atoms with Crippen LogP contribution in [-0.4, -0.2) is 14.5 Å². The zero-order valence-electron chi connectivity index (χ0n) is 31.2. The molecule has 0 amide bonds. The van der Waals surface area contributed by atoms with Crippen molar-refractivity contribution in [1.82, 2.24) is 14.5 Å². The van der Waals surface area contributed by atoms with Gasteiger partial charge in [-0.2, -0.15) is 0 Å². The van der Waals surface area contributed by atoms with E-state index in [1.807, 2.05) is 6.07 Å². The highest BCUT2D eigenvalue weighted by molar-refractivity contribution is 6.12. The SMILES string of the molecule is CC1(C)c2ccccc2-c2cc(-c3cc(-c4ccc(-c5ccc6c7ccccc7n(-c7ccccc7)c6c5)c5ccccc45)nc(-c4ccccc4)n3)ccc21. The summed E-state index contributed by atoms with van der Waals surface area (Å²) < 4.78 is 2.39. The summed E-state index contributed by atoms with van der Waals surface area (Å²) in [6.45, 7) is 4.65. The summed E-state index contributed by atoms with van der Waals surface area (Å²) in [4.78, 5) is 10.5. The lowest BCUT2D eigenvalue weighted by Gasteiger charge is -2.21. The first-order valence-corrected chi connectivity index (χ1v) is 19.3. The number of para-hydroxylation sites is 2. The van der Waals surface area contributed by atoms with Gasteiger partial charge in [-0.05, 0) is 80.6 Å². The molecular formula is C53H37N3. The van der Waals surface area contributed by atoms with E-state index < -0.39 is 0 Å². The van der Waals surface area contributed by atoms with E-state index in [1.165, 1.54) is 60.6 Å². The van der Waals surface area contributed by atoms with Gasteiger partial charge in [-0.25, -0.2) is 9.97 Å². The second-order valence-corrected chi connectivity index (χ2v) is 15.4. The Hall–Kier alpha value is -7.10. The lowest BCUT2D eigenvalue weighted by atomic mass is 9.82. The molecule has 56 heavy (non-hydrogen) atoms. The monoisotopic (exact) mass is 715 g/mol. The maximum absolute atomic E-state index is 5.28. The van der Waals surface area contributed by atoms with Gasteiger partial charge in [-0.1, -0.05) is 166 Å². The zero-order valence-corrected chi connectivity index (χ0v) is 31.2. The van der Waals surface area contributed by atoms with E-state index in [-0.39, 0.29) is 5.41 Å². The van der Waals surface area contributed by atoms with Crippen molar-refractivity contribution >= 4 is 32.6 Å². The highest BCUT2D eigenvalue weighted by Gasteiger charge is 2.35. The number of benzene rings is 8. The third-order valence-corrected chi connectivity index (χ3v) is 11.8. The molecule has 3 nitrogen and oxygen atoms in total. The van der Waals surface area contributed by atoms with Crippen molar-refractivity contribution in [3.8, 4) is 61.8 Å². The molecule has 264 valence electrons. The highest BCUT2D eigenvalue weighted by Crippen LogP contribution is 2.49. The molecular weight excluding hydrogens is 679 g/mol. The summed E-state index contributed by atoms with van der Waals surface area (Å²) in [5, 5.41) is 4.84. The smallest absolute Gasteiger partial charge is 0.160 e. The number of nitrogens with zero attached hydrogens (tertiary/aromatic N) is 3. The summed E-state index contributed by atoms with van der Waals surface area (Å²) in [6, 6.07) is 67.7. The molecule has 2 aromatic heterocycles. The number of fused-ring (bicyclic) bond motifs is 7. The molecule has 3 heteroatoms. The van der Waals surface area contributed by atoms with Crippen LogP contribution >= 0.6 is 0 Å². The third kappa shape index (κ3) is 4.98. The van der Waals surface area contributed by atoms with Gasteiger partial charge >= 0.3 is 0 Å². The van der Waals surface area contributed by atoms with E-state index in [1.54, 1.807) is 0 Å². The van der Waals surface area contributed by atoms with E-state index in [0.29, 0.717) is 5.82 Å². The number of hydrogen-bond donors (Lipinski definition) is 0.